The number of phenols is 1. The highest BCUT2D eigenvalue weighted by Crippen LogP contribution is 2.20. The Morgan fingerprint density at radius 3 is 2.67 bits per heavy atom. The molecule has 1 aliphatic heterocycles. The van der Waals surface area contributed by atoms with Gasteiger partial charge < -0.3 is 5.11 Å². The number of likely N-dealkylation sites (tertiary alicyclic amines) is 1. The summed E-state index contributed by atoms with van der Waals surface area (Å²) >= 11 is 0. The molecule has 1 saturated heterocycles. The number of hydrogen-bond donors (Lipinski definition) is 1. The maximum atomic E-state index is 12.8. The summed E-state index contributed by atoms with van der Waals surface area (Å²) in [5.74, 6) is 1.08. The summed E-state index contributed by atoms with van der Waals surface area (Å²) in [4.78, 5) is 19.7. The van der Waals surface area contributed by atoms with Crippen LogP contribution in [0.15, 0.2) is 23.0 Å². The van der Waals surface area contributed by atoms with Gasteiger partial charge in [0.1, 0.15) is 11.6 Å². The first-order chi connectivity index (χ1) is 10.1. The van der Waals surface area contributed by atoms with E-state index in [-0.39, 0.29) is 17.2 Å². The van der Waals surface area contributed by atoms with E-state index in [1.165, 1.54) is 12.8 Å². The normalized spacial score (nSPS) is 16.1. The zero-order valence-corrected chi connectivity index (χ0v) is 12.5. The van der Waals surface area contributed by atoms with Crippen molar-refractivity contribution in [3.63, 3.8) is 0 Å². The molecule has 0 atom stereocenters. The smallest absolute Gasteiger partial charge is 0.262 e. The molecule has 1 aromatic heterocycles. The van der Waals surface area contributed by atoms with Crippen LogP contribution in [0.5, 0.6) is 5.75 Å². The first kappa shape index (κ1) is 14.1. The molecule has 0 unspecified atom stereocenters. The van der Waals surface area contributed by atoms with Crippen molar-refractivity contribution in [3.8, 4) is 5.75 Å². The SMILES string of the molecule is CC(C)c1nc2cc(O)ccc2c(=O)n1CN1CCCC1. The second-order valence-corrected chi connectivity index (χ2v) is 6.03. The lowest BCUT2D eigenvalue weighted by Crippen LogP contribution is -2.33. The van der Waals surface area contributed by atoms with Gasteiger partial charge in [0.2, 0.25) is 0 Å². The van der Waals surface area contributed by atoms with E-state index in [1.807, 2.05) is 13.8 Å². The Bertz CT molecular complexity index is 715. The van der Waals surface area contributed by atoms with Crippen molar-refractivity contribution in [1.29, 1.82) is 0 Å². The van der Waals surface area contributed by atoms with Gasteiger partial charge in [-0.05, 0) is 38.1 Å². The van der Waals surface area contributed by atoms with Gasteiger partial charge in [-0.3, -0.25) is 14.3 Å². The second kappa shape index (κ2) is 5.48. The standard InChI is InChI=1S/C16H21N3O2/c1-11(2)15-17-14-9-12(20)5-6-13(14)16(21)19(15)10-18-7-3-4-8-18/h5-6,9,11,20H,3-4,7-8,10H2,1-2H3. The minimum Gasteiger partial charge on any atom is -0.508 e. The molecule has 0 amide bonds. The van der Waals surface area contributed by atoms with Crippen LogP contribution in [0.25, 0.3) is 10.9 Å². The number of benzene rings is 1. The van der Waals surface area contributed by atoms with Gasteiger partial charge in [-0.15, -0.1) is 0 Å². The largest absolute Gasteiger partial charge is 0.508 e. The molecule has 1 aliphatic rings. The molecule has 1 N–H and O–H groups in total. The van der Waals surface area contributed by atoms with Crippen LogP contribution >= 0.6 is 0 Å². The molecule has 1 aromatic carbocycles. The zero-order chi connectivity index (χ0) is 15.0. The Morgan fingerprint density at radius 2 is 2.00 bits per heavy atom. The first-order valence-electron chi connectivity index (χ1n) is 7.52. The Kier molecular flexibility index (Phi) is 3.68. The number of nitrogens with zero attached hydrogens (tertiary/aromatic N) is 3. The number of phenolic OH excluding ortho intramolecular Hbond substituents is 1. The van der Waals surface area contributed by atoms with E-state index in [0.717, 1.165) is 18.9 Å². The Morgan fingerprint density at radius 1 is 1.29 bits per heavy atom. The zero-order valence-electron chi connectivity index (χ0n) is 12.5. The van der Waals surface area contributed by atoms with E-state index in [2.05, 4.69) is 9.88 Å². The molecule has 0 aliphatic carbocycles. The predicted octanol–water partition coefficient (Wildman–Crippen LogP) is 2.28. The van der Waals surface area contributed by atoms with Crippen molar-refractivity contribution in [1.82, 2.24) is 14.5 Å². The molecule has 1 fully saturated rings. The van der Waals surface area contributed by atoms with Crippen LogP contribution < -0.4 is 5.56 Å². The number of fused-ring (bicyclic) bond motifs is 1. The van der Waals surface area contributed by atoms with Gasteiger partial charge >= 0.3 is 0 Å². The molecule has 0 saturated carbocycles. The van der Waals surface area contributed by atoms with Crippen molar-refractivity contribution in [2.24, 2.45) is 0 Å². The van der Waals surface area contributed by atoms with E-state index >= 15 is 0 Å². The molecule has 5 heteroatoms. The van der Waals surface area contributed by atoms with E-state index in [4.69, 9.17) is 0 Å². The maximum absolute atomic E-state index is 12.8. The van der Waals surface area contributed by atoms with Crippen LogP contribution in [0.2, 0.25) is 0 Å². The first-order valence-corrected chi connectivity index (χ1v) is 7.52. The predicted molar refractivity (Wildman–Crippen MR) is 82.6 cm³/mol. The van der Waals surface area contributed by atoms with E-state index < -0.39 is 0 Å². The summed E-state index contributed by atoms with van der Waals surface area (Å²) in [6.45, 7) is 6.76. The van der Waals surface area contributed by atoms with Crippen LogP contribution in [-0.4, -0.2) is 32.6 Å². The van der Waals surface area contributed by atoms with Crippen LogP contribution in [-0.2, 0) is 6.67 Å². The summed E-state index contributed by atoms with van der Waals surface area (Å²) < 4.78 is 1.79. The van der Waals surface area contributed by atoms with Gasteiger partial charge in [0.15, 0.2) is 0 Å². The Hall–Kier alpha value is -1.88. The summed E-state index contributed by atoms with van der Waals surface area (Å²) in [6.07, 6.45) is 2.39. The lowest BCUT2D eigenvalue weighted by atomic mass is 10.1. The topological polar surface area (TPSA) is 58.4 Å². The van der Waals surface area contributed by atoms with Crippen molar-refractivity contribution in [3.05, 3.63) is 34.4 Å². The third kappa shape index (κ3) is 2.65. The van der Waals surface area contributed by atoms with E-state index in [0.29, 0.717) is 17.6 Å². The number of rotatable bonds is 3. The molecule has 0 spiro atoms. The minimum absolute atomic E-state index is 0.0180. The fraction of sp³-hybridized carbons (Fsp3) is 0.500. The summed E-state index contributed by atoms with van der Waals surface area (Å²) in [5, 5.41) is 10.2. The van der Waals surface area contributed by atoms with Gasteiger partial charge in [0.25, 0.3) is 5.56 Å². The molecule has 0 radical (unpaired) electrons. The van der Waals surface area contributed by atoms with Gasteiger partial charge in [-0.2, -0.15) is 0 Å². The monoisotopic (exact) mass is 287 g/mol. The number of hydrogen-bond acceptors (Lipinski definition) is 4. The molecule has 2 aromatic rings. The fourth-order valence-electron chi connectivity index (χ4n) is 2.93. The average molecular weight is 287 g/mol. The molecule has 112 valence electrons. The third-order valence-electron chi connectivity index (χ3n) is 4.02. The van der Waals surface area contributed by atoms with Gasteiger partial charge in [0.05, 0.1) is 17.6 Å². The Balaban J connectivity index is 2.15. The highest BCUT2D eigenvalue weighted by Gasteiger charge is 2.18. The summed E-state index contributed by atoms with van der Waals surface area (Å²) in [7, 11) is 0. The van der Waals surface area contributed by atoms with E-state index in [1.54, 1.807) is 22.8 Å². The maximum Gasteiger partial charge on any atom is 0.262 e. The third-order valence-corrected chi connectivity index (χ3v) is 4.02. The van der Waals surface area contributed by atoms with E-state index in [9.17, 15) is 9.90 Å². The van der Waals surface area contributed by atoms with Gasteiger partial charge in [-0.1, -0.05) is 13.8 Å². The van der Waals surface area contributed by atoms with Crippen LogP contribution in [0.3, 0.4) is 0 Å². The molecular weight excluding hydrogens is 266 g/mol. The van der Waals surface area contributed by atoms with Crippen molar-refractivity contribution in [2.45, 2.75) is 39.3 Å². The van der Waals surface area contributed by atoms with Crippen LogP contribution in [0.1, 0.15) is 38.4 Å². The molecular formula is C16H21N3O2. The highest BCUT2D eigenvalue weighted by atomic mass is 16.3. The highest BCUT2D eigenvalue weighted by molar-refractivity contribution is 5.79. The lowest BCUT2D eigenvalue weighted by Gasteiger charge is -2.21. The number of aromatic nitrogens is 2. The summed E-state index contributed by atoms with van der Waals surface area (Å²) in [5.41, 5.74) is 0.553. The van der Waals surface area contributed by atoms with Gasteiger partial charge in [-0.25, -0.2) is 4.98 Å². The molecule has 0 bridgehead atoms. The summed E-state index contributed by atoms with van der Waals surface area (Å²) in [6, 6.07) is 4.76. The van der Waals surface area contributed by atoms with Crippen LogP contribution in [0, 0.1) is 0 Å². The average Bonchev–Trinajstić information content (AvgIpc) is 2.94. The van der Waals surface area contributed by atoms with Crippen molar-refractivity contribution in [2.75, 3.05) is 13.1 Å². The fourth-order valence-corrected chi connectivity index (χ4v) is 2.93. The molecule has 21 heavy (non-hydrogen) atoms. The quantitative estimate of drug-likeness (QED) is 0.941. The molecule has 2 heterocycles. The molecule has 3 rings (SSSR count). The minimum atomic E-state index is -0.0180. The second-order valence-electron chi connectivity index (χ2n) is 6.03. The van der Waals surface area contributed by atoms with Gasteiger partial charge in [0, 0.05) is 12.0 Å². The van der Waals surface area contributed by atoms with Crippen LogP contribution in [0.4, 0.5) is 0 Å². The van der Waals surface area contributed by atoms with Crippen molar-refractivity contribution >= 4 is 10.9 Å². The lowest BCUT2D eigenvalue weighted by molar-refractivity contribution is 0.259. The Labute approximate surface area is 123 Å². The molecule has 5 nitrogen and oxygen atoms in total. The van der Waals surface area contributed by atoms with Crippen molar-refractivity contribution < 1.29 is 5.11 Å². The number of aromatic hydroxyl groups is 1.